The molecule has 0 spiro atoms. The van der Waals surface area contributed by atoms with Gasteiger partial charge in [-0.15, -0.1) is 0 Å². The van der Waals surface area contributed by atoms with E-state index in [0.717, 1.165) is 78.0 Å². The van der Waals surface area contributed by atoms with E-state index in [4.69, 9.17) is 24.1 Å². The van der Waals surface area contributed by atoms with Gasteiger partial charge in [-0.25, -0.2) is 15.0 Å². The van der Waals surface area contributed by atoms with E-state index < -0.39 is 0 Å². The Morgan fingerprint density at radius 3 is 2.02 bits per heavy atom. The van der Waals surface area contributed by atoms with Crippen LogP contribution in [-0.2, 0) is 0 Å². The highest BCUT2D eigenvalue weighted by Crippen LogP contribution is 2.55. The molecule has 0 amide bonds. The van der Waals surface area contributed by atoms with Gasteiger partial charge in [0.15, 0.2) is 17.5 Å². The summed E-state index contributed by atoms with van der Waals surface area (Å²) in [4.78, 5) is 15.6. The molecule has 6 heteroatoms. The van der Waals surface area contributed by atoms with Crippen LogP contribution in [0.3, 0.4) is 0 Å². The third kappa shape index (κ3) is 5.00. The molecule has 57 heavy (non-hydrogen) atoms. The molecule has 0 N–H and O–H groups in total. The van der Waals surface area contributed by atoms with Gasteiger partial charge in [-0.2, -0.15) is 0 Å². The van der Waals surface area contributed by atoms with E-state index in [1.54, 1.807) is 0 Å². The molecule has 3 aromatic heterocycles. The number of hydrogen-bond acceptors (Lipinski definition) is 5. The molecule has 0 fully saturated rings. The molecule has 1 aliphatic heterocycles. The van der Waals surface area contributed by atoms with Crippen molar-refractivity contribution in [2.75, 3.05) is 0 Å². The summed E-state index contributed by atoms with van der Waals surface area (Å²) in [5.74, 6) is 2.56. The lowest BCUT2D eigenvalue weighted by Crippen LogP contribution is -2.13. The molecule has 268 valence electrons. The van der Waals surface area contributed by atoms with E-state index >= 15 is 0 Å². The van der Waals surface area contributed by atoms with Gasteiger partial charge >= 0.3 is 0 Å². The smallest absolute Gasteiger partial charge is 0.167 e. The zero-order valence-electron chi connectivity index (χ0n) is 30.6. The van der Waals surface area contributed by atoms with Crippen molar-refractivity contribution in [2.24, 2.45) is 0 Å². The number of aromatic nitrogens is 4. The van der Waals surface area contributed by atoms with Crippen LogP contribution < -0.4 is 4.74 Å². The molecule has 1 aliphatic carbocycles. The number of ether oxygens (including phenoxy) is 1. The molecule has 7 aromatic carbocycles. The minimum Gasteiger partial charge on any atom is -0.484 e. The van der Waals surface area contributed by atoms with Crippen LogP contribution >= 0.6 is 0 Å². The van der Waals surface area contributed by atoms with E-state index in [-0.39, 0.29) is 12.0 Å². The van der Waals surface area contributed by atoms with Crippen LogP contribution in [0.15, 0.2) is 180 Å². The van der Waals surface area contributed by atoms with Crippen molar-refractivity contribution in [3.05, 3.63) is 193 Å². The fourth-order valence-electron chi connectivity index (χ4n) is 8.82. The highest BCUT2D eigenvalue weighted by molar-refractivity contribution is 6.06. The molecule has 10 aromatic rings. The number of furan rings is 1. The summed E-state index contributed by atoms with van der Waals surface area (Å²) < 4.78 is 15.7. The number of rotatable bonds is 5. The summed E-state index contributed by atoms with van der Waals surface area (Å²) >= 11 is 0. The molecular weight excluding hydrogens is 701 g/mol. The second kappa shape index (κ2) is 12.5. The average Bonchev–Trinajstić information content (AvgIpc) is 3.96. The topological polar surface area (TPSA) is 66.0 Å². The van der Waals surface area contributed by atoms with Gasteiger partial charge in [-0.3, -0.25) is 0 Å². The fraction of sp³-hybridized carbons (Fsp3) is 0.0392. The third-order valence-electron chi connectivity index (χ3n) is 11.4. The van der Waals surface area contributed by atoms with Gasteiger partial charge in [0.1, 0.15) is 23.0 Å². The summed E-state index contributed by atoms with van der Waals surface area (Å²) in [6, 6.07) is 58.6. The Morgan fingerprint density at radius 2 is 1.16 bits per heavy atom. The first-order valence-electron chi connectivity index (χ1n) is 19.3. The first-order valence-corrected chi connectivity index (χ1v) is 19.3. The Kier molecular flexibility index (Phi) is 6.95. The van der Waals surface area contributed by atoms with Crippen LogP contribution in [0.1, 0.15) is 28.8 Å². The van der Waals surface area contributed by atoms with Crippen LogP contribution in [0, 0.1) is 0 Å². The largest absolute Gasteiger partial charge is 0.484 e. The monoisotopic (exact) mass is 732 g/mol. The lowest BCUT2D eigenvalue weighted by atomic mass is 9.85. The molecule has 0 saturated heterocycles. The predicted molar refractivity (Wildman–Crippen MR) is 227 cm³/mol. The predicted octanol–water partition coefficient (Wildman–Crippen LogP) is 12.6. The van der Waals surface area contributed by atoms with E-state index in [1.165, 1.54) is 10.9 Å². The van der Waals surface area contributed by atoms with E-state index in [1.807, 2.05) is 36.4 Å². The molecule has 2 unspecified atom stereocenters. The van der Waals surface area contributed by atoms with Crippen LogP contribution in [0.2, 0.25) is 0 Å². The number of fused-ring (bicyclic) bond motifs is 10. The summed E-state index contributed by atoms with van der Waals surface area (Å²) in [5.41, 5.74) is 12.2. The zero-order valence-corrected chi connectivity index (χ0v) is 30.6. The third-order valence-corrected chi connectivity index (χ3v) is 11.4. The summed E-state index contributed by atoms with van der Waals surface area (Å²) in [6.07, 6.45) is 4.35. The summed E-state index contributed by atoms with van der Waals surface area (Å²) in [5, 5.41) is 3.26. The van der Waals surface area contributed by atoms with Gasteiger partial charge in [0, 0.05) is 50.0 Å². The van der Waals surface area contributed by atoms with Crippen LogP contribution in [0.25, 0.3) is 89.9 Å². The van der Waals surface area contributed by atoms with Crippen molar-refractivity contribution in [2.45, 2.75) is 12.0 Å². The van der Waals surface area contributed by atoms with Crippen molar-refractivity contribution in [3.63, 3.8) is 0 Å². The Morgan fingerprint density at radius 1 is 0.491 bits per heavy atom. The van der Waals surface area contributed by atoms with Crippen LogP contribution in [0.4, 0.5) is 0 Å². The second-order valence-electron chi connectivity index (χ2n) is 14.7. The number of hydrogen-bond donors (Lipinski definition) is 0. The lowest BCUT2D eigenvalue weighted by Gasteiger charge is -2.22. The maximum absolute atomic E-state index is 7.17. The Balaban J connectivity index is 1.03. The average molecular weight is 733 g/mol. The molecule has 0 bridgehead atoms. The van der Waals surface area contributed by atoms with E-state index in [0.29, 0.717) is 17.5 Å². The van der Waals surface area contributed by atoms with Crippen LogP contribution in [-0.4, -0.2) is 19.5 Å². The van der Waals surface area contributed by atoms with Crippen molar-refractivity contribution in [1.29, 1.82) is 0 Å². The molecule has 12 rings (SSSR count). The molecule has 6 nitrogen and oxygen atoms in total. The lowest BCUT2D eigenvalue weighted by molar-refractivity contribution is 0.225. The van der Waals surface area contributed by atoms with Gasteiger partial charge in [-0.1, -0.05) is 121 Å². The standard InChI is InChI=1S/C51H32N4O2/c1-3-13-31(14-4-1)32-15-11-16-33(29-32)49-52-50(34-25-28-45-41(30-34)36-19-8-10-24-44(36)56-45)54-51(53-49)40-22-12-21-37-38-26-27-43-46(48(38)57-47(37)40)39-20-7-9-23-42(39)55(43)35-17-5-2-6-18-35/h1-30,38,48H. The second-order valence-corrected chi connectivity index (χ2v) is 14.7. The maximum atomic E-state index is 7.17. The molecule has 2 aliphatic rings. The van der Waals surface area contributed by atoms with Gasteiger partial charge in [0.25, 0.3) is 0 Å². The molecular formula is C51H32N4O2. The van der Waals surface area contributed by atoms with Gasteiger partial charge in [0.05, 0.1) is 16.8 Å². The van der Waals surface area contributed by atoms with Crippen molar-refractivity contribution >= 4 is 38.9 Å². The van der Waals surface area contributed by atoms with Gasteiger partial charge in [0.2, 0.25) is 0 Å². The minimum absolute atomic E-state index is 0.0302. The summed E-state index contributed by atoms with van der Waals surface area (Å²) in [7, 11) is 0. The van der Waals surface area contributed by atoms with Crippen LogP contribution in [0.5, 0.6) is 5.75 Å². The number of nitrogens with zero attached hydrogens (tertiary/aromatic N) is 4. The molecule has 2 atom stereocenters. The normalized spacial score (nSPS) is 15.4. The minimum atomic E-state index is -0.212. The Labute approximate surface area is 328 Å². The number of para-hydroxylation sites is 4. The maximum Gasteiger partial charge on any atom is 0.167 e. The number of benzene rings is 7. The molecule has 0 radical (unpaired) electrons. The Bertz CT molecular complexity index is 3240. The van der Waals surface area contributed by atoms with Crippen molar-refractivity contribution < 1.29 is 9.15 Å². The SMILES string of the molecule is C1=CC2c3cccc(-c4nc(-c5cccc(-c6ccccc6)c5)nc(-c5ccc6oc7ccccc7c6c5)n4)c3OC2c2c1n(-c1ccccc1)c1ccccc21. The quantitative estimate of drug-likeness (QED) is 0.176. The molecule has 0 saturated carbocycles. The highest BCUT2D eigenvalue weighted by atomic mass is 16.5. The zero-order chi connectivity index (χ0) is 37.5. The van der Waals surface area contributed by atoms with Crippen molar-refractivity contribution in [1.82, 2.24) is 19.5 Å². The first-order chi connectivity index (χ1) is 28.2. The Hall–Kier alpha value is -7.57. The van der Waals surface area contributed by atoms with E-state index in [9.17, 15) is 0 Å². The molecule has 4 heterocycles. The van der Waals surface area contributed by atoms with Gasteiger partial charge < -0.3 is 13.7 Å². The first kappa shape index (κ1) is 31.7. The van der Waals surface area contributed by atoms with E-state index in [2.05, 4.69) is 150 Å². The fourth-order valence-corrected chi connectivity index (χ4v) is 8.82. The summed E-state index contributed by atoms with van der Waals surface area (Å²) in [6.45, 7) is 0. The van der Waals surface area contributed by atoms with Crippen molar-refractivity contribution in [3.8, 4) is 56.7 Å². The highest BCUT2D eigenvalue weighted by Gasteiger charge is 2.41. The van der Waals surface area contributed by atoms with Gasteiger partial charge in [-0.05, 0) is 71.8 Å².